The van der Waals surface area contributed by atoms with E-state index in [2.05, 4.69) is 15.9 Å². The van der Waals surface area contributed by atoms with E-state index in [1.165, 1.54) is 0 Å². The molecule has 0 unspecified atom stereocenters. The van der Waals surface area contributed by atoms with E-state index in [-0.39, 0.29) is 5.12 Å². The summed E-state index contributed by atoms with van der Waals surface area (Å²) < 4.78 is 0.731. The minimum absolute atomic E-state index is 0.0326. The third-order valence-corrected chi connectivity index (χ3v) is 3.95. The Morgan fingerprint density at radius 3 is 2.50 bits per heavy atom. The van der Waals surface area contributed by atoms with E-state index in [4.69, 9.17) is 0 Å². The molecule has 0 saturated carbocycles. The second kappa shape index (κ2) is 5.98. The Morgan fingerprint density at radius 1 is 1.11 bits per heavy atom. The van der Waals surface area contributed by atoms with Gasteiger partial charge in [-0.3, -0.25) is 9.59 Å². The predicted molar refractivity (Wildman–Crippen MR) is 76.2 cm³/mol. The van der Waals surface area contributed by atoms with Crippen molar-refractivity contribution in [1.29, 1.82) is 0 Å². The molecule has 0 fully saturated rings. The molecular weight excluding hydrogens is 312 g/mol. The molecule has 0 amide bonds. The third kappa shape index (κ3) is 3.09. The molecular formula is C14H9BrO2S. The van der Waals surface area contributed by atoms with Crippen LogP contribution in [0.25, 0.3) is 0 Å². The molecule has 18 heavy (non-hydrogen) atoms. The molecule has 0 aromatic heterocycles. The minimum atomic E-state index is -0.0326. The second-order valence-corrected chi connectivity index (χ2v) is 5.46. The van der Waals surface area contributed by atoms with E-state index < -0.39 is 0 Å². The highest BCUT2D eigenvalue weighted by Gasteiger charge is 2.09. The average Bonchev–Trinajstić information content (AvgIpc) is 2.42. The number of aldehydes is 1. The first-order chi connectivity index (χ1) is 8.70. The molecule has 0 N–H and O–H groups in total. The largest absolute Gasteiger partial charge is 0.298 e. The smallest absolute Gasteiger partial charge is 0.224 e. The fourth-order valence-electron chi connectivity index (χ4n) is 1.42. The van der Waals surface area contributed by atoms with Crippen molar-refractivity contribution in [2.75, 3.05) is 0 Å². The maximum Gasteiger partial charge on any atom is 0.224 e. The van der Waals surface area contributed by atoms with Gasteiger partial charge in [-0.15, -0.1) is 0 Å². The van der Waals surface area contributed by atoms with Crippen molar-refractivity contribution in [2.24, 2.45) is 0 Å². The van der Waals surface area contributed by atoms with Crippen LogP contribution >= 0.6 is 27.7 Å². The van der Waals surface area contributed by atoms with E-state index in [9.17, 15) is 9.59 Å². The summed E-state index contributed by atoms with van der Waals surface area (Å²) >= 11 is 4.39. The fraction of sp³-hybridized carbons (Fsp3) is 0. The Bertz CT molecular complexity index is 582. The molecule has 0 aliphatic rings. The van der Waals surface area contributed by atoms with Gasteiger partial charge in [0.15, 0.2) is 6.29 Å². The lowest BCUT2D eigenvalue weighted by Crippen LogP contribution is -1.93. The lowest BCUT2D eigenvalue weighted by molar-refractivity contribution is 0.108. The van der Waals surface area contributed by atoms with Crippen LogP contribution in [0.15, 0.2) is 57.9 Å². The second-order valence-electron chi connectivity index (χ2n) is 3.56. The van der Waals surface area contributed by atoms with Crippen LogP contribution in [0.4, 0.5) is 0 Å². The molecule has 0 aliphatic carbocycles. The van der Waals surface area contributed by atoms with Crippen molar-refractivity contribution >= 4 is 39.1 Å². The standard InChI is InChI=1S/C14H9BrO2S/c15-13-7-6-12(8-11(13)9-16)18-14(17)10-4-2-1-3-5-10/h1-9H. The molecule has 0 saturated heterocycles. The summed E-state index contributed by atoms with van der Waals surface area (Å²) in [5.74, 6) is 0. The van der Waals surface area contributed by atoms with Crippen LogP contribution in [0.1, 0.15) is 20.7 Å². The average molecular weight is 321 g/mol. The van der Waals surface area contributed by atoms with Crippen molar-refractivity contribution in [1.82, 2.24) is 0 Å². The number of halogens is 1. The first-order valence-electron chi connectivity index (χ1n) is 5.22. The molecule has 2 nitrogen and oxygen atoms in total. The van der Waals surface area contributed by atoms with Gasteiger partial charge in [-0.2, -0.15) is 0 Å². The van der Waals surface area contributed by atoms with Crippen LogP contribution in [0.2, 0.25) is 0 Å². The summed E-state index contributed by atoms with van der Waals surface area (Å²) in [6.07, 6.45) is 0.765. The molecule has 2 aromatic carbocycles. The summed E-state index contributed by atoms with van der Waals surface area (Å²) in [4.78, 5) is 23.5. The van der Waals surface area contributed by atoms with Gasteiger partial charge >= 0.3 is 0 Å². The van der Waals surface area contributed by atoms with Gasteiger partial charge < -0.3 is 0 Å². The molecule has 0 bridgehead atoms. The maximum absolute atomic E-state index is 12.0. The normalized spacial score (nSPS) is 10.1. The number of hydrogen-bond acceptors (Lipinski definition) is 3. The minimum Gasteiger partial charge on any atom is -0.298 e. The number of hydrogen-bond donors (Lipinski definition) is 0. The van der Waals surface area contributed by atoms with Gasteiger partial charge in [0.05, 0.1) is 0 Å². The van der Waals surface area contributed by atoms with Crippen LogP contribution in [0, 0.1) is 0 Å². The molecule has 0 radical (unpaired) electrons. The van der Waals surface area contributed by atoms with Crippen LogP contribution in [0.3, 0.4) is 0 Å². The lowest BCUT2D eigenvalue weighted by Gasteiger charge is -2.03. The molecule has 90 valence electrons. The van der Waals surface area contributed by atoms with Crippen LogP contribution in [-0.4, -0.2) is 11.4 Å². The predicted octanol–water partition coefficient (Wildman–Crippen LogP) is 4.19. The summed E-state index contributed by atoms with van der Waals surface area (Å²) in [5.41, 5.74) is 1.19. The molecule has 2 aromatic rings. The number of carbonyl (C=O) groups is 2. The summed E-state index contributed by atoms with van der Waals surface area (Å²) in [6, 6.07) is 14.3. The van der Waals surface area contributed by atoms with Crippen molar-refractivity contribution in [2.45, 2.75) is 4.90 Å². The van der Waals surface area contributed by atoms with E-state index >= 15 is 0 Å². The molecule has 0 atom stereocenters. The maximum atomic E-state index is 12.0. The highest BCUT2D eigenvalue weighted by atomic mass is 79.9. The molecule has 0 aliphatic heterocycles. The van der Waals surface area contributed by atoms with E-state index in [0.717, 1.165) is 27.4 Å². The molecule has 4 heteroatoms. The number of carbonyl (C=O) groups excluding carboxylic acids is 2. The van der Waals surface area contributed by atoms with Crippen LogP contribution < -0.4 is 0 Å². The van der Waals surface area contributed by atoms with Gasteiger partial charge in [0, 0.05) is 20.5 Å². The third-order valence-electron chi connectivity index (χ3n) is 2.31. The summed E-state index contributed by atoms with van der Waals surface area (Å²) in [5, 5.41) is -0.0326. The van der Waals surface area contributed by atoms with Gasteiger partial charge in [0.25, 0.3) is 0 Å². The van der Waals surface area contributed by atoms with Crippen molar-refractivity contribution < 1.29 is 9.59 Å². The van der Waals surface area contributed by atoms with Crippen LogP contribution in [0.5, 0.6) is 0 Å². The molecule has 0 spiro atoms. The summed E-state index contributed by atoms with van der Waals surface area (Å²) in [7, 11) is 0. The van der Waals surface area contributed by atoms with E-state index in [1.54, 1.807) is 24.3 Å². The first kappa shape index (κ1) is 13.1. The van der Waals surface area contributed by atoms with Crippen LogP contribution in [-0.2, 0) is 0 Å². The van der Waals surface area contributed by atoms with Crippen molar-refractivity contribution in [3.05, 3.63) is 64.1 Å². The Kier molecular flexibility index (Phi) is 4.33. The highest BCUT2D eigenvalue weighted by Crippen LogP contribution is 2.26. The zero-order valence-electron chi connectivity index (χ0n) is 9.30. The van der Waals surface area contributed by atoms with E-state index in [0.29, 0.717) is 11.1 Å². The van der Waals surface area contributed by atoms with Crippen molar-refractivity contribution in [3.63, 3.8) is 0 Å². The summed E-state index contributed by atoms with van der Waals surface area (Å²) in [6.45, 7) is 0. The quantitative estimate of drug-likeness (QED) is 0.628. The SMILES string of the molecule is O=Cc1cc(SC(=O)c2ccccc2)ccc1Br. The Hall–Kier alpha value is -1.39. The van der Waals surface area contributed by atoms with Gasteiger partial charge in [-0.05, 0) is 30.0 Å². The number of benzene rings is 2. The zero-order valence-corrected chi connectivity index (χ0v) is 11.7. The first-order valence-corrected chi connectivity index (χ1v) is 6.83. The van der Waals surface area contributed by atoms with Gasteiger partial charge in [0.2, 0.25) is 5.12 Å². The van der Waals surface area contributed by atoms with Gasteiger partial charge in [-0.25, -0.2) is 0 Å². The highest BCUT2D eigenvalue weighted by molar-refractivity contribution is 9.10. The monoisotopic (exact) mass is 320 g/mol. The lowest BCUT2D eigenvalue weighted by atomic mass is 10.2. The topological polar surface area (TPSA) is 34.1 Å². The molecule has 2 rings (SSSR count). The number of thioether (sulfide) groups is 1. The number of rotatable bonds is 3. The Balaban J connectivity index is 2.20. The van der Waals surface area contributed by atoms with Gasteiger partial charge in [-0.1, -0.05) is 46.3 Å². The Labute approximate surface area is 118 Å². The van der Waals surface area contributed by atoms with Gasteiger partial charge in [0.1, 0.15) is 0 Å². The van der Waals surface area contributed by atoms with Crippen molar-refractivity contribution in [3.8, 4) is 0 Å². The Morgan fingerprint density at radius 2 is 1.83 bits per heavy atom. The zero-order chi connectivity index (χ0) is 13.0. The van der Waals surface area contributed by atoms with E-state index in [1.807, 2.05) is 24.3 Å². The fourth-order valence-corrected chi connectivity index (χ4v) is 2.55. The molecule has 0 heterocycles.